The molecule has 9 rings (SSSR count). The first kappa shape index (κ1) is 26.4. The average molecular weight is 610 g/mol. The molecule has 214 valence electrons. The van der Waals surface area contributed by atoms with Gasteiger partial charge in [-0.15, -0.1) is 11.3 Å². The van der Waals surface area contributed by atoms with Gasteiger partial charge in [-0.2, -0.15) is 0 Å². The minimum absolute atomic E-state index is 1.15. The molecule has 0 N–H and O–H groups in total. The molecule has 0 spiro atoms. The largest absolute Gasteiger partial charge is 0.310 e. The molecule has 3 heteroatoms. The van der Waals surface area contributed by atoms with E-state index in [2.05, 4.69) is 170 Å². The lowest BCUT2D eigenvalue weighted by molar-refractivity contribution is 1.29. The zero-order valence-electron chi connectivity index (χ0n) is 25.3. The van der Waals surface area contributed by atoms with Crippen molar-refractivity contribution in [3.63, 3.8) is 0 Å². The van der Waals surface area contributed by atoms with Crippen LogP contribution in [-0.2, 0) is 0 Å². The molecule has 1 aromatic heterocycles. The van der Waals surface area contributed by atoms with E-state index in [1.165, 1.54) is 64.1 Å². The molecule has 1 aliphatic heterocycles. The maximum Gasteiger partial charge on any atom is 0.113 e. The van der Waals surface area contributed by atoms with Crippen LogP contribution in [0.3, 0.4) is 0 Å². The van der Waals surface area contributed by atoms with Gasteiger partial charge in [0.2, 0.25) is 0 Å². The zero-order chi connectivity index (χ0) is 30.1. The van der Waals surface area contributed by atoms with Crippen molar-refractivity contribution in [2.75, 3.05) is 4.90 Å². The number of hydrogen-bond donors (Lipinski definition) is 0. The number of fused-ring (bicyclic) bond motifs is 8. The standard InChI is InChI=1S/C42H31NSSi/c1-45(2)39-24-22-34(27-37(39)41-40(45)25-23-36-35-14-8-9-15-38(35)44-42(36)41)43(32-12-4-3-5-13-32)33-20-18-29(19-21-33)31-17-16-28-10-6-7-11-30(28)26-31/h3-27H,1-2H3. The summed E-state index contributed by atoms with van der Waals surface area (Å²) in [5.74, 6) is 0. The van der Waals surface area contributed by atoms with Crippen molar-refractivity contribution in [3.8, 4) is 22.3 Å². The van der Waals surface area contributed by atoms with Gasteiger partial charge in [0.15, 0.2) is 0 Å². The van der Waals surface area contributed by atoms with Crippen LogP contribution in [0.15, 0.2) is 152 Å². The van der Waals surface area contributed by atoms with Crippen LogP contribution in [0.5, 0.6) is 0 Å². The van der Waals surface area contributed by atoms with Crippen LogP contribution in [0.1, 0.15) is 0 Å². The lowest BCUT2D eigenvalue weighted by Crippen LogP contribution is -2.49. The highest BCUT2D eigenvalue weighted by atomic mass is 32.1. The Bertz CT molecular complexity index is 2400. The predicted molar refractivity (Wildman–Crippen MR) is 199 cm³/mol. The summed E-state index contributed by atoms with van der Waals surface area (Å²) in [5, 5.41) is 8.36. The number of anilines is 3. The van der Waals surface area contributed by atoms with E-state index in [1.807, 2.05) is 11.3 Å². The van der Waals surface area contributed by atoms with Gasteiger partial charge < -0.3 is 4.90 Å². The lowest BCUT2D eigenvalue weighted by Gasteiger charge is -2.27. The fourth-order valence-corrected chi connectivity index (χ4v) is 11.7. The lowest BCUT2D eigenvalue weighted by atomic mass is 10.0. The second-order valence-electron chi connectivity index (χ2n) is 12.6. The second-order valence-corrected chi connectivity index (χ2v) is 18.0. The van der Waals surface area contributed by atoms with E-state index in [4.69, 9.17) is 0 Å². The van der Waals surface area contributed by atoms with Crippen LogP contribution in [0, 0.1) is 0 Å². The van der Waals surface area contributed by atoms with Gasteiger partial charge in [0, 0.05) is 37.2 Å². The molecule has 0 bridgehead atoms. The highest BCUT2D eigenvalue weighted by Crippen LogP contribution is 2.44. The SMILES string of the molecule is C[Si]1(C)c2ccc(N(c3ccccc3)c3ccc(-c4ccc5ccccc5c4)cc3)cc2-c2c1ccc1c2sc2ccccc21. The fraction of sp³-hybridized carbons (Fsp3) is 0.0476. The van der Waals surface area contributed by atoms with Crippen molar-refractivity contribution < 1.29 is 0 Å². The number of nitrogens with zero attached hydrogens (tertiary/aromatic N) is 1. The molecule has 0 saturated heterocycles. The Kier molecular flexibility index (Phi) is 5.89. The normalized spacial score (nSPS) is 13.3. The number of hydrogen-bond acceptors (Lipinski definition) is 2. The Morgan fingerprint density at radius 1 is 0.489 bits per heavy atom. The van der Waals surface area contributed by atoms with E-state index in [0.29, 0.717) is 0 Å². The third-order valence-electron chi connectivity index (χ3n) is 9.65. The van der Waals surface area contributed by atoms with Gasteiger partial charge in [0.1, 0.15) is 8.07 Å². The van der Waals surface area contributed by atoms with Crippen molar-refractivity contribution >= 4 is 77.8 Å². The van der Waals surface area contributed by atoms with Crippen molar-refractivity contribution in [1.29, 1.82) is 0 Å². The molecule has 0 radical (unpaired) electrons. The van der Waals surface area contributed by atoms with Gasteiger partial charge in [0.05, 0.1) is 0 Å². The van der Waals surface area contributed by atoms with Gasteiger partial charge in [-0.25, -0.2) is 0 Å². The monoisotopic (exact) mass is 609 g/mol. The Morgan fingerprint density at radius 3 is 2.00 bits per heavy atom. The minimum atomic E-state index is -1.84. The molecule has 7 aromatic carbocycles. The third kappa shape index (κ3) is 4.12. The molecule has 0 aliphatic carbocycles. The summed E-state index contributed by atoms with van der Waals surface area (Å²) in [6, 6.07) is 56.0. The molecule has 0 atom stereocenters. The first-order valence-electron chi connectivity index (χ1n) is 15.6. The summed E-state index contributed by atoms with van der Waals surface area (Å²) in [6.07, 6.45) is 0. The minimum Gasteiger partial charge on any atom is -0.310 e. The molecule has 2 heterocycles. The number of thiophene rings is 1. The smallest absolute Gasteiger partial charge is 0.113 e. The van der Waals surface area contributed by atoms with E-state index in [-0.39, 0.29) is 0 Å². The van der Waals surface area contributed by atoms with Crippen LogP contribution in [0.2, 0.25) is 13.1 Å². The van der Waals surface area contributed by atoms with Crippen molar-refractivity contribution in [1.82, 2.24) is 0 Å². The summed E-state index contributed by atoms with van der Waals surface area (Å²) in [4.78, 5) is 2.40. The van der Waals surface area contributed by atoms with Gasteiger partial charge in [-0.3, -0.25) is 0 Å². The first-order chi connectivity index (χ1) is 22.1. The van der Waals surface area contributed by atoms with E-state index < -0.39 is 8.07 Å². The zero-order valence-corrected chi connectivity index (χ0v) is 27.1. The van der Waals surface area contributed by atoms with Gasteiger partial charge >= 0.3 is 0 Å². The summed E-state index contributed by atoms with van der Waals surface area (Å²) in [7, 11) is -1.84. The molecule has 45 heavy (non-hydrogen) atoms. The summed E-state index contributed by atoms with van der Waals surface area (Å²) >= 11 is 1.95. The van der Waals surface area contributed by atoms with E-state index in [9.17, 15) is 0 Å². The van der Waals surface area contributed by atoms with Crippen LogP contribution in [0.25, 0.3) is 53.2 Å². The average Bonchev–Trinajstić information content (AvgIpc) is 3.57. The van der Waals surface area contributed by atoms with Gasteiger partial charge in [0.25, 0.3) is 0 Å². The molecule has 1 nitrogen and oxygen atoms in total. The van der Waals surface area contributed by atoms with Crippen molar-refractivity contribution in [2.24, 2.45) is 0 Å². The van der Waals surface area contributed by atoms with Crippen LogP contribution in [-0.4, -0.2) is 8.07 Å². The van der Waals surface area contributed by atoms with Gasteiger partial charge in [-0.1, -0.05) is 116 Å². The molecular weight excluding hydrogens is 579 g/mol. The van der Waals surface area contributed by atoms with E-state index in [1.54, 1.807) is 5.19 Å². The molecule has 0 saturated carbocycles. The highest BCUT2D eigenvalue weighted by molar-refractivity contribution is 7.26. The molecule has 8 aromatic rings. The predicted octanol–water partition coefficient (Wildman–Crippen LogP) is 11.1. The van der Waals surface area contributed by atoms with Crippen molar-refractivity contribution in [2.45, 2.75) is 13.1 Å². The Balaban J connectivity index is 1.20. The number of para-hydroxylation sites is 1. The maximum absolute atomic E-state index is 2.51. The molecular formula is C42H31NSSi. The molecule has 0 fully saturated rings. The van der Waals surface area contributed by atoms with E-state index in [0.717, 1.165) is 11.4 Å². The highest BCUT2D eigenvalue weighted by Gasteiger charge is 2.39. The topological polar surface area (TPSA) is 3.24 Å². The maximum atomic E-state index is 2.51. The quantitative estimate of drug-likeness (QED) is 0.179. The molecule has 0 amide bonds. The summed E-state index contributed by atoms with van der Waals surface area (Å²) in [5.41, 5.74) is 8.83. The Morgan fingerprint density at radius 2 is 1.16 bits per heavy atom. The van der Waals surface area contributed by atoms with E-state index >= 15 is 0 Å². The third-order valence-corrected chi connectivity index (χ3v) is 14.4. The number of rotatable bonds is 4. The van der Waals surface area contributed by atoms with Crippen LogP contribution in [0.4, 0.5) is 17.1 Å². The van der Waals surface area contributed by atoms with Crippen molar-refractivity contribution in [3.05, 3.63) is 152 Å². The van der Waals surface area contributed by atoms with Crippen LogP contribution < -0.4 is 15.3 Å². The fourth-order valence-electron chi connectivity index (χ4n) is 7.34. The van der Waals surface area contributed by atoms with Crippen LogP contribution >= 0.6 is 11.3 Å². The van der Waals surface area contributed by atoms with Gasteiger partial charge in [-0.05, 0) is 91.9 Å². The summed E-state index contributed by atoms with van der Waals surface area (Å²) < 4.78 is 2.79. The molecule has 0 unspecified atom stereocenters. The number of benzene rings is 7. The second kappa shape index (κ2) is 10.0. The Labute approximate surface area is 268 Å². The Hall–Kier alpha value is -4.96. The summed E-state index contributed by atoms with van der Waals surface area (Å²) in [6.45, 7) is 5.02. The first-order valence-corrected chi connectivity index (χ1v) is 19.4. The molecule has 1 aliphatic rings.